The van der Waals surface area contributed by atoms with Crippen LogP contribution in [-0.2, 0) is 0 Å². The summed E-state index contributed by atoms with van der Waals surface area (Å²) in [6, 6.07) is 0. The van der Waals surface area contributed by atoms with Crippen LogP contribution in [0.3, 0.4) is 0 Å². The largest absolute Gasteiger partial charge is 0.325 e. The van der Waals surface area contributed by atoms with E-state index in [1.165, 1.54) is 0 Å². The Bertz CT molecular complexity index is 117. The van der Waals surface area contributed by atoms with Gasteiger partial charge in [-0.15, -0.1) is 0 Å². The van der Waals surface area contributed by atoms with E-state index in [-0.39, 0.29) is 11.1 Å². The van der Waals surface area contributed by atoms with Gasteiger partial charge in [-0.1, -0.05) is 27.7 Å². The monoisotopic (exact) mass is 202 g/mol. The molecule has 0 saturated heterocycles. The van der Waals surface area contributed by atoms with Crippen LogP contribution in [-0.4, -0.2) is 11.1 Å². The summed E-state index contributed by atoms with van der Waals surface area (Å²) in [5.41, 5.74) is 11.4. The minimum absolute atomic E-state index is 0. The van der Waals surface area contributed by atoms with Crippen molar-refractivity contribution in [3.05, 3.63) is 0 Å². The van der Waals surface area contributed by atoms with E-state index in [2.05, 4.69) is 27.7 Å². The van der Waals surface area contributed by atoms with Crippen molar-refractivity contribution in [2.45, 2.75) is 66.5 Å². The lowest BCUT2D eigenvalue weighted by Crippen LogP contribution is -2.37. The van der Waals surface area contributed by atoms with Gasteiger partial charge >= 0.3 is 0 Å². The number of nitrogens with two attached hydrogens (primary N) is 2. The highest BCUT2D eigenvalue weighted by atomic mass is 14.7. The first-order chi connectivity index (χ1) is 5.89. The van der Waals surface area contributed by atoms with Gasteiger partial charge in [-0.25, -0.2) is 0 Å². The third-order valence-corrected chi connectivity index (χ3v) is 2.98. The standard InChI is InChI=1S/2C6H15N/c2*1-5(2)6(3,4)7/h2*5H,7H2,1-4H3. The van der Waals surface area contributed by atoms with E-state index >= 15 is 0 Å². The van der Waals surface area contributed by atoms with E-state index in [1.807, 2.05) is 27.7 Å². The molecular formula is C12H30N2. The maximum atomic E-state index is 5.68. The Morgan fingerprint density at radius 3 is 0.714 bits per heavy atom. The molecule has 0 aromatic rings. The Hall–Kier alpha value is -0.0800. The Labute approximate surface area is 90.4 Å². The first-order valence-corrected chi connectivity index (χ1v) is 5.46. The van der Waals surface area contributed by atoms with Crippen molar-refractivity contribution in [2.75, 3.05) is 0 Å². The quantitative estimate of drug-likeness (QED) is 0.723. The maximum Gasteiger partial charge on any atom is 0.0120 e. The van der Waals surface area contributed by atoms with Crippen molar-refractivity contribution in [1.82, 2.24) is 0 Å². The topological polar surface area (TPSA) is 52.0 Å². The summed E-state index contributed by atoms with van der Waals surface area (Å²) in [5, 5.41) is 0. The first kappa shape index (κ1) is 16.4. The SMILES string of the molecule is CC(C)C(C)(C)N.CC(C)C(C)(C)N. The molecule has 2 heteroatoms. The zero-order valence-electron chi connectivity index (χ0n) is 11.3. The van der Waals surface area contributed by atoms with Gasteiger partial charge in [-0.05, 0) is 39.5 Å². The van der Waals surface area contributed by atoms with Crippen molar-refractivity contribution in [3.63, 3.8) is 0 Å². The second-order valence-electron chi connectivity index (χ2n) is 5.95. The highest BCUT2D eigenvalue weighted by Crippen LogP contribution is 2.10. The van der Waals surface area contributed by atoms with Crippen LogP contribution in [0.5, 0.6) is 0 Å². The smallest absolute Gasteiger partial charge is 0.0120 e. The summed E-state index contributed by atoms with van der Waals surface area (Å²) < 4.78 is 0. The number of rotatable bonds is 2. The predicted molar refractivity (Wildman–Crippen MR) is 66.2 cm³/mol. The molecule has 0 spiro atoms. The van der Waals surface area contributed by atoms with Crippen molar-refractivity contribution in [2.24, 2.45) is 23.3 Å². The van der Waals surface area contributed by atoms with Gasteiger partial charge in [0.25, 0.3) is 0 Å². The van der Waals surface area contributed by atoms with E-state index in [4.69, 9.17) is 11.5 Å². The molecule has 0 amide bonds. The molecule has 0 radical (unpaired) electrons. The highest BCUT2D eigenvalue weighted by molar-refractivity contribution is 4.75. The molecule has 0 aromatic heterocycles. The Balaban J connectivity index is 0. The predicted octanol–water partition coefficient (Wildman–Crippen LogP) is 2.76. The molecule has 0 unspecified atom stereocenters. The van der Waals surface area contributed by atoms with Gasteiger partial charge in [0.1, 0.15) is 0 Å². The molecule has 0 rings (SSSR count). The van der Waals surface area contributed by atoms with Crippen molar-refractivity contribution in [3.8, 4) is 0 Å². The van der Waals surface area contributed by atoms with E-state index in [9.17, 15) is 0 Å². The molecule has 0 aromatic carbocycles. The third-order valence-electron chi connectivity index (χ3n) is 2.98. The van der Waals surface area contributed by atoms with Crippen LogP contribution in [0.25, 0.3) is 0 Å². The number of hydrogen-bond donors (Lipinski definition) is 2. The Morgan fingerprint density at radius 2 is 0.714 bits per heavy atom. The summed E-state index contributed by atoms with van der Waals surface area (Å²) in [6.45, 7) is 16.7. The normalized spacial score (nSPS) is 12.9. The van der Waals surface area contributed by atoms with Crippen LogP contribution in [0.2, 0.25) is 0 Å². The highest BCUT2D eigenvalue weighted by Gasteiger charge is 2.14. The summed E-state index contributed by atoms with van der Waals surface area (Å²) in [4.78, 5) is 0. The van der Waals surface area contributed by atoms with Gasteiger partial charge in [0.15, 0.2) is 0 Å². The molecule has 88 valence electrons. The van der Waals surface area contributed by atoms with E-state index < -0.39 is 0 Å². The van der Waals surface area contributed by atoms with E-state index in [0.29, 0.717) is 11.8 Å². The third kappa shape index (κ3) is 10.0. The molecule has 0 aliphatic heterocycles. The molecule has 0 fully saturated rings. The lowest BCUT2D eigenvalue weighted by atomic mass is 9.92. The Morgan fingerprint density at radius 1 is 0.643 bits per heavy atom. The van der Waals surface area contributed by atoms with Crippen LogP contribution in [0.1, 0.15) is 55.4 Å². The molecule has 0 aliphatic carbocycles. The van der Waals surface area contributed by atoms with Gasteiger partial charge in [0, 0.05) is 11.1 Å². The summed E-state index contributed by atoms with van der Waals surface area (Å²) in [5.74, 6) is 1.15. The van der Waals surface area contributed by atoms with Gasteiger partial charge in [-0.2, -0.15) is 0 Å². The molecular weight excluding hydrogens is 172 g/mol. The minimum atomic E-state index is 0. The second kappa shape index (κ2) is 5.72. The van der Waals surface area contributed by atoms with Crippen LogP contribution in [0, 0.1) is 11.8 Å². The van der Waals surface area contributed by atoms with Gasteiger partial charge in [-0.3, -0.25) is 0 Å². The molecule has 14 heavy (non-hydrogen) atoms. The zero-order chi connectivity index (χ0) is 12.2. The zero-order valence-corrected chi connectivity index (χ0v) is 11.3. The van der Waals surface area contributed by atoms with Crippen LogP contribution in [0.15, 0.2) is 0 Å². The van der Waals surface area contributed by atoms with Crippen LogP contribution in [0.4, 0.5) is 0 Å². The lowest BCUT2D eigenvalue weighted by molar-refractivity contribution is 0.373. The van der Waals surface area contributed by atoms with Gasteiger partial charge in [0.05, 0.1) is 0 Å². The Kier molecular flexibility index (Phi) is 6.68. The van der Waals surface area contributed by atoms with Gasteiger partial charge < -0.3 is 11.5 Å². The summed E-state index contributed by atoms with van der Waals surface area (Å²) >= 11 is 0. The molecule has 0 aliphatic rings. The van der Waals surface area contributed by atoms with E-state index in [1.54, 1.807) is 0 Å². The molecule has 4 N–H and O–H groups in total. The molecule has 2 nitrogen and oxygen atoms in total. The fourth-order valence-electron chi connectivity index (χ4n) is 0. The maximum absolute atomic E-state index is 5.68. The fourth-order valence-corrected chi connectivity index (χ4v) is 0. The number of hydrogen-bond acceptors (Lipinski definition) is 2. The van der Waals surface area contributed by atoms with E-state index in [0.717, 1.165) is 0 Å². The average molecular weight is 202 g/mol. The van der Waals surface area contributed by atoms with Crippen LogP contribution >= 0.6 is 0 Å². The summed E-state index contributed by atoms with van der Waals surface area (Å²) in [7, 11) is 0. The molecule has 0 atom stereocenters. The van der Waals surface area contributed by atoms with Crippen molar-refractivity contribution >= 4 is 0 Å². The van der Waals surface area contributed by atoms with Crippen molar-refractivity contribution in [1.29, 1.82) is 0 Å². The first-order valence-electron chi connectivity index (χ1n) is 5.46. The summed E-state index contributed by atoms with van der Waals surface area (Å²) in [6.07, 6.45) is 0. The minimum Gasteiger partial charge on any atom is -0.325 e. The molecule has 0 saturated carbocycles. The van der Waals surface area contributed by atoms with Crippen LogP contribution < -0.4 is 11.5 Å². The fraction of sp³-hybridized carbons (Fsp3) is 1.00. The molecule has 0 heterocycles. The average Bonchev–Trinajstić information content (AvgIpc) is 1.83. The molecule has 0 bridgehead atoms. The van der Waals surface area contributed by atoms with Gasteiger partial charge in [0.2, 0.25) is 0 Å². The second-order valence-corrected chi connectivity index (χ2v) is 5.95. The lowest BCUT2D eigenvalue weighted by Gasteiger charge is -2.22. The van der Waals surface area contributed by atoms with Crippen molar-refractivity contribution < 1.29 is 0 Å².